The van der Waals surface area contributed by atoms with Crippen LogP contribution < -0.4 is 0 Å². The molecule has 0 amide bonds. The largest absolute Gasteiger partial charge is 0.509 e. The van der Waals surface area contributed by atoms with Crippen LogP contribution in [-0.4, -0.2) is 5.11 Å². The lowest BCUT2D eigenvalue weighted by molar-refractivity contribution is 0.370. The molecule has 0 aliphatic rings. The summed E-state index contributed by atoms with van der Waals surface area (Å²) in [6.07, 6.45) is 1.30. The van der Waals surface area contributed by atoms with E-state index in [0.717, 1.165) is 6.08 Å². The van der Waals surface area contributed by atoms with Crippen molar-refractivity contribution in [2.75, 3.05) is 0 Å². The van der Waals surface area contributed by atoms with Crippen molar-refractivity contribution in [1.29, 1.82) is 0 Å². The zero-order chi connectivity index (χ0) is 6.57. The molecular weight excluding hydrogens is 107 g/mol. The second-order valence-electron chi connectivity index (χ2n) is 1.35. The normalized spacial score (nSPS) is 12.8. The summed E-state index contributed by atoms with van der Waals surface area (Å²) in [6.45, 7) is 4.80. The molecule has 1 nitrogen and oxygen atoms in total. The number of hydrogen-bond donors (Lipinski definition) is 1. The van der Waals surface area contributed by atoms with Gasteiger partial charge in [0.25, 0.3) is 0 Å². The van der Waals surface area contributed by atoms with E-state index in [4.69, 9.17) is 5.11 Å². The molecule has 0 atom stereocenters. The Morgan fingerprint density at radius 1 is 1.88 bits per heavy atom. The maximum atomic E-state index is 12.0. The Morgan fingerprint density at radius 2 is 2.38 bits per heavy atom. The highest BCUT2D eigenvalue weighted by molar-refractivity contribution is 5.10. The van der Waals surface area contributed by atoms with Crippen molar-refractivity contribution in [3.05, 3.63) is 24.2 Å². The molecule has 0 aromatic rings. The summed E-state index contributed by atoms with van der Waals surface area (Å²) in [5.74, 6) is -0.868. The molecule has 0 radical (unpaired) electrons. The van der Waals surface area contributed by atoms with Crippen molar-refractivity contribution in [3.8, 4) is 0 Å². The van der Waals surface area contributed by atoms with E-state index in [2.05, 4.69) is 6.58 Å². The van der Waals surface area contributed by atoms with Gasteiger partial charge in [-0.05, 0) is 6.08 Å². The minimum Gasteiger partial charge on any atom is -0.509 e. The van der Waals surface area contributed by atoms with Gasteiger partial charge in [0, 0.05) is 6.42 Å². The first-order valence-corrected chi connectivity index (χ1v) is 2.42. The number of rotatable bonds is 2. The Bertz CT molecular complexity index is 116. The van der Waals surface area contributed by atoms with Gasteiger partial charge < -0.3 is 5.11 Å². The van der Waals surface area contributed by atoms with E-state index in [1.807, 2.05) is 0 Å². The molecular formula is C6H9FO. The molecule has 0 rings (SSSR count). The fourth-order valence-electron chi connectivity index (χ4n) is 0.287. The fraction of sp³-hybridized carbons (Fsp3) is 0.333. The number of aliphatic hydroxyl groups excluding tert-OH is 1. The van der Waals surface area contributed by atoms with Crippen LogP contribution in [0.5, 0.6) is 0 Å². The molecule has 1 N–H and O–H groups in total. The molecule has 0 saturated heterocycles. The standard InChI is InChI=1S/C6H9FO/c1-3-5(7)6(8)4-2/h3,8H,1,4H2,2H3/b6-5-. The van der Waals surface area contributed by atoms with Crippen molar-refractivity contribution < 1.29 is 9.50 Å². The highest BCUT2D eigenvalue weighted by Gasteiger charge is 1.94. The van der Waals surface area contributed by atoms with Gasteiger partial charge >= 0.3 is 0 Å². The van der Waals surface area contributed by atoms with Gasteiger partial charge in [-0.15, -0.1) is 0 Å². The van der Waals surface area contributed by atoms with E-state index in [1.54, 1.807) is 6.92 Å². The maximum absolute atomic E-state index is 12.0. The van der Waals surface area contributed by atoms with Crippen LogP contribution in [0.2, 0.25) is 0 Å². The Hall–Kier alpha value is -0.790. The van der Waals surface area contributed by atoms with Gasteiger partial charge in [0.2, 0.25) is 0 Å². The first kappa shape index (κ1) is 7.21. The molecule has 0 heterocycles. The molecule has 0 aromatic heterocycles. The van der Waals surface area contributed by atoms with E-state index < -0.39 is 5.83 Å². The van der Waals surface area contributed by atoms with Crippen LogP contribution >= 0.6 is 0 Å². The number of hydrogen-bond acceptors (Lipinski definition) is 1. The average Bonchev–Trinajstić information content (AvgIpc) is 1.84. The molecule has 0 saturated carbocycles. The molecule has 8 heavy (non-hydrogen) atoms. The van der Waals surface area contributed by atoms with Gasteiger partial charge in [0.05, 0.1) is 0 Å². The molecule has 0 aromatic carbocycles. The Morgan fingerprint density at radius 3 is 2.50 bits per heavy atom. The first-order chi connectivity index (χ1) is 3.72. The molecule has 0 spiro atoms. The minimum atomic E-state index is -0.632. The predicted octanol–water partition coefficient (Wildman–Crippen LogP) is 2.32. The van der Waals surface area contributed by atoms with E-state index in [-0.39, 0.29) is 5.76 Å². The minimum absolute atomic E-state index is 0.236. The first-order valence-electron chi connectivity index (χ1n) is 2.42. The number of allylic oxidation sites excluding steroid dienone is 3. The van der Waals surface area contributed by atoms with Gasteiger partial charge in [-0.2, -0.15) is 0 Å². The number of halogens is 1. The van der Waals surface area contributed by atoms with Gasteiger partial charge in [-0.3, -0.25) is 0 Å². The van der Waals surface area contributed by atoms with Crippen molar-refractivity contribution in [2.24, 2.45) is 0 Å². The lowest BCUT2D eigenvalue weighted by atomic mass is 10.3. The third-order valence-electron chi connectivity index (χ3n) is 0.790. The Balaban J connectivity index is 4.03. The molecule has 0 unspecified atom stereocenters. The van der Waals surface area contributed by atoms with Crippen molar-refractivity contribution >= 4 is 0 Å². The van der Waals surface area contributed by atoms with Crippen LogP contribution in [0.15, 0.2) is 24.2 Å². The third kappa shape index (κ3) is 1.78. The van der Waals surface area contributed by atoms with Crippen molar-refractivity contribution in [3.63, 3.8) is 0 Å². The van der Waals surface area contributed by atoms with Crippen LogP contribution in [0.25, 0.3) is 0 Å². The summed E-state index contributed by atoms with van der Waals surface area (Å²) in [4.78, 5) is 0. The second kappa shape index (κ2) is 3.24. The van der Waals surface area contributed by atoms with Gasteiger partial charge in [-0.25, -0.2) is 4.39 Å². The summed E-state index contributed by atoms with van der Waals surface area (Å²) < 4.78 is 12.0. The second-order valence-corrected chi connectivity index (χ2v) is 1.35. The summed E-state index contributed by atoms with van der Waals surface area (Å²) in [5.41, 5.74) is 0. The maximum Gasteiger partial charge on any atom is 0.159 e. The van der Waals surface area contributed by atoms with E-state index in [9.17, 15) is 4.39 Å². The molecule has 2 heteroatoms. The summed E-state index contributed by atoms with van der Waals surface area (Å²) >= 11 is 0. The monoisotopic (exact) mass is 116 g/mol. The number of aliphatic hydroxyl groups is 1. The Labute approximate surface area is 48.1 Å². The zero-order valence-electron chi connectivity index (χ0n) is 4.82. The van der Waals surface area contributed by atoms with E-state index in [1.165, 1.54) is 0 Å². The topological polar surface area (TPSA) is 20.2 Å². The van der Waals surface area contributed by atoms with Crippen LogP contribution in [0.1, 0.15) is 13.3 Å². The molecule has 0 aliphatic carbocycles. The van der Waals surface area contributed by atoms with Gasteiger partial charge in [-0.1, -0.05) is 13.5 Å². The molecule has 0 fully saturated rings. The summed E-state index contributed by atoms with van der Waals surface area (Å²) in [7, 11) is 0. The third-order valence-corrected chi connectivity index (χ3v) is 0.790. The van der Waals surface area contributed by atoms with Crippen LogP contribution in [0.4, 0.5) is 4.39 Å². The van der Waals surface area contributed by atoms with E-state index >= 15 is 0 Å². The Kier molecular flexibility index (Phi) is 2.92. The predicted molar refractivity (Wildman–Crippen MR) is 31.3 cm³/mol. The average molecular weight is 116 g/mol. The van der Waals surface area contributed by atoms with Crippen LogP contribution in [0, 0.1) is 0 Å². The summed E-state index contributed by atoms with van der Waals surface area (Å²) in [5, 5.41) is 8.56. The highest BCUT2D eigenvalue weighted by atomic mass is 19.1. The smallest absolute Gasteiger partial charge is 0.159 e. The fourth-order valence-corrected chi connectivity index (χ4v) is 0.287. The SMILES string of the molecule is C=C/C(F)=C(/O)CC. The van der Waals surface area contributed by atoms with Crippen molar-refractivity contribution in [1.82, 2.24) is 0 Å². The van der Waals surface area contributed by atoms with E-state index in [0.29, 0.717) is 6.42 Å². The summed E-state index contributed by atoms with van der Waals surface area (Å²) in [6, 6.07) is 0. The van der Waals surface area contributed by atoms with Crippen LogP contribution in [-0.2, 0) is 0 Å². The van der Waals surface area contributed by atoms with Gasteiger partial charge in [0.1, 0.15) is 5.76 Å². The lowest BCUT2D eigenvalue weighted by Gasteiger charge is -1.90. The molecule has 46 valence electrons. The van der Waals surface area contributed by atoms with Gasteiger partial charge in [0.15, 0.2) is 5.83 Å². The quantitative estimate of drug-likeness (QED) is 0.433. The van der Waals surface area contributed by atoms with Crippen molar-refractivity contribution in [2.45, 2.75) is 13.3 Å². The lowest BCUT2D eigenvalue weighted by Crippen LogP contribution is -1.78. The zero-order valence-corrected chi connectivity index (χ0v) is 4.82. The molecule has 0 bridgehead atoms. The highest BCUT2D eigenvalue weighted by Crippen LogP contribution is 2.05. The molecule has 0 aliphatic heterocycles. The van der Waals surface area contributed by atoms with Crippen LogP contribution in [0.3, 0.4) is 0 Å².